The molecule has 0 atom stereocenters. The molecule has 2 N–H and O–H groups in total. The SMILES string of the molecule is Cc1cc(C)c(NCC(=O)CN=Cc2cccc3[nH]ccc23)c(C)c1. The van der Waals surface area contributed by atoms with Crippen molar-refractivity contribution in [3.63, 3.8) is 0 Å². The Labute approximate surface area is 148 Å². The van der Waals surface area contributed by atoms with E-state index < -0.39 is 0 Å². The van der Waals surface area contributed by atoms with Crippen molar-refractivity contribution in [1.29, 1.82) is 0 Å². The van der Waals surface area contributed by atoms with Crippen LogP contribution in [-0.4, -0.2) is 30.1 Å². The Balaban J connectivity index is 1.59. The molecule has 2 aromatic carbocycles. The summed E-state index contributed by atoms with van der Waals surface area (Å²) in [7, 11) is 0. The predicted molar refractivity (Wildman–Crippen MR) is 105 cm³/mol. The van der Waals surface area contributed by atoms with Crippen LogP contribution in [0.3, 0.4) is 0 Å². The topological polar surface area (TPSA) is 57.2 Å². The number of aliphatic imine (C=N–C) groups is 1. The Bertz CT molecular complexity index is 914. The lowest BCUT2D eigenvalue weighted by atomic mass is 10.1. The first-order valence-corrected chi connectivity index (χ1v) is 8.44. The summed E-state index contributed by atoms with van der Waals surface area (Å²) in [5.41, 5.74) is 6.68. The van der Waals surface area contributed by atoms with Crippen LogP contribution in [0.5, 0.6) is 0 Å². The van der Waals surface area contributed by atoms with Crippen molar-refractivity contribution in [3.05, 3.63) is 64.8 Å². The Morgan fingerprint density at radius 3 is 2.68 bits per heavy atom. The van der Waals surface area contributed by atoms with Crippen LogP contribution in [-0.2, 0) is 4.79 Å². The number of hydrogen-bond acceptors (Lipinski definition) is 3. The van der Waals surface area contributed by atoms with E-state index >= 15 is 0 Å². The highest BCUT2D eigenvalue weighted by atomic mass is 16.1. The number of nitrogens with zero attached hydrogens (tertiary/aromatic N) is 1. The number of aromatic nitrogens is 1. The van der Waals surface area contributed by atoms with E-state index in [0.29, 0.717) is 0 Å². The van der Waals surface area contributed by atoms with Crippen LogP contribution < -0.4 is 5.32 Å². The second-order valence-electron chi connectivity index (χ2n) is 6.42. The zero-order chi connectivity index (χ0) is 17.8. The van der Waals surface area contributed by atoms with Gasteiger partial charge in [0.25, 0.3) is 0 Å². The molecule has 0 unspecified atom stereocenters. The summed E-state index contributed by atoms with van der Waals surface area (Å²) in [5, 5.41) is 4.37. The summed E-state index contributed by atoms with van der Waals surface area (Å²) >= 11 is 0. The molecule has 0 spiro atoms. The Kier molecular flexibility index (Phi) is 4.98. The van der Waals surface area contributed by atoms with Gasteiger partial charge in [-0.15, -0.1) is 0 Å². The second kappa shape index (κ2) is 7.34. The molecule has 0 aliphatic rings. The molecule has 1 aromatic heterocycles. The molecule has 0 saturated carbocycles. The Hall–Kier alpha value is -2.88. The number of benzene rings is 2. The van der Waals surface area contributed by atoms with E-state index in [1.54, 1.807) is 6.21 Å². The van der Waals surface area contributed by atoms with Crippen molar-refractivity contribution in [2.45, 2.75) is 20.8 Å². The quantitative estimate of drug-likeness (QED) is 0.664. The molecule has 4 nitrogen and oxygen atoms in total. The number of carbonyl (C=O) groups excluding carboxylic acids is 1. The van der Waals surface area contributed by atoms with Gasteiger partial charge in [0.05, 0.1) is 13.1 Å². The van der Waals surface area contributed by atoms with Crippen LogP contribution in [0.1, 0.15) is 22.3 Å². The molecule has 0 aliphatic carbocycles. The average Bonchev–Trinajstić information content (AvgIpc) is 3.03. The molecule has 4 heteroatoms. The van der Waals surface area contributed by atoms with E-state index in [2.05, 4.69) is 48.2 Å². The van der Waals surface area contributed by atoms with Crippen LogP contribution in [0.25, 0.3) is 10.9 Å². The summed E-state index contributed by atoms with van der Waals surface area (Å²) < 4.78 is 0. The van der Waals surface area contributed by atoms with Gasteiger partial charge in [0.15, 0.2) is 5.78 Å². The number of anilines is 1. The molecule has 3 rings (SSSR count). The molecule has 0 bridgehead atoms. The zero-order valence-corrected chi connectivity index (χ0v) is 14.9. The number of aryl methyl sites for hydroxylation is 3. The first-order valence-electron chi connectivity index (χ1n) is 8.44. The number of rotatable bonds is 6. The third-order valence-electron chi connectivity index (χ3n) is 4.27. The molecule has 0 radical (unpaired) electrons. The summed E-state index contributed by atoms with van der Waals surface area (Å²) in [4.78, 5) is 19.6. The summed E-state index contributed by atoms with van der Waals surface area (Å²) in [6.07, 6.45) is 3.68. The van der Waals surface area contributed by atoms with Crippen LogP contribution in [0, 0.1) is 20.8 Å². The van der Waals surface area contributed by atoms with E-state index in [4.69, 9.17) is 0 Å². The average molecular weight is 333 g/mol. The maximum atomic E-state index is 12.1. The zero-order valence-electron chi connectivity index (χ0n) is 14.9. The van der Waals surface area contributed by atoms with Gasteiger partial charge in [-0.2, -0.15) is 0 Å². The van der Waals surface area contributed by atoms with E-state index in [1.165, 1.54) is 5.56 Å². The van der Waals surface area contributed by atoms with Crippen molar-refractivity contribution < 1.29 is 4.79 Å². The normalized spacial score (nSPS) is 11.3. The maximum Gasteiger partial charge on any atom is 0.173 e. The number of ketones is 1. The van der Waals surface area contributed by atoms with Crippen LogP contribution in [0.2, 0.25) is 0 Å². The molecule has 0 amide bonds. The molecule has 25 heavy (non-hydrogen) atoms. The van der Waals surface area contributed by atoms with Crippen LogP contribution >= 0.6 is 0 Å². The van der Waals surface area contributed by atoms with Gasteiger partial charge in [-0.1, -0.05) is 29.8 Å². The van der Waals surface area contributed by atoms with Gasteiger partial charge in [0.2, 0.25) is 0 Å². The van der Waals surface area contributed by atoms with Crippen molar-refractivity contribution >= 4 is 28.6 Å². The largest absolute Gasteiger partial charge is 0.377 e. The minimum Gasteiger partial charge on any atom is -0.377 e. The van der Waals surface area contributed by atoms with Crippen molar-refractivity contribution in [2.75, 3.05) is 18.4 Å². The smallest absolute Gasteiger partial charge is 0.173 e. The van der Waals surface area contributed by atoms with Gasteiger partial charge < -0.3 is 10.3 Å². The molecular formula is C21H23N3O. The lowest BCUT2D eigenvalue weighted by molar-refractivity contribution is -0.116. The predicted octanol–water partition coefficient (Wildman–Crippen LogP) is 4.19. The maximum absolute atomic E-state index is 12.1. The van der Waals surface area contributed by atoms with Crippen molar-refractivity contribution in [3.8, 4) is 0 Å². The number of nitrogens with one attached hydrogen (secondary N) is 2. The van der Waals surface area contributed by atoms with Gasteiger partial charge in [-0.3, -0.25) is 9.79 Å². The lowest BCUT2D eigenvalue weighted by Gasteiger charge is -2.13. The second-order valence-corrected chi connectivity index (χ2v) is 6.42. The number of H-pyrrole nitrogens is 1. The van der Waals surface area contributed by atoms with E-state index in [-0.39, 0.29) is 18.9 Å². The number of hydrogen-bond donors (Lipinski definition) is 2. The highest BCUT2D eigenvalue weighted by molar-refractivity contribution is 5.99. The standard InChI is InChI=1S/C21H23N3O/c1-14-9-15(2)21(16(3)10-14)24-13-18(25)12-22-11-17-5-4-6-20-19(17)7-8-23-20/h4-11,23-24H,12-13H2,1-3H3. The van der Waals surface area contributed by atoms with Crippen molar-refractivity contribution in [1.82, 2.24) is 4.98 Å². The Morgan fingerprint density at radius 1 is 1.16 bits per heavy atom. The fourth-order valence-electron chi connectivity index (χ4n) is 3.17. The number of carbonyl (C=O) groups is 1. The first-order chi connectivity index (χ1) is 12.0. The Morgan fingerprint density at radius 2 is 1.92 bits per heavy atom. The monoisotopic (exact) mass is 333 g/mol. The third kappa shape index (κ3) is 3.97. The minimum atomic E-state index is 0.0665. The summed E-state index contributed by atoms with van der Waals surface area (Å²) in [6.45, 7) is 6.66. The molecule has 0 aliphatic heterocycles. The number of Topliss-reactive ketones (excluding diaryl/α,β-unsaturated/α-hetero) is 1. The van der Waals surface area contributed by atoms with Gasteiger partial charge >= 0.3 is 0 Å². The summed E-state index contributed by atoms with van der Waals surface area (Å²) in [6, 6.07) is 12.3. The fourth-order valence-corrected chi connectivity index (χ4v) is 3.17. The van der Waals surface area contributed by atoms with Gasteiger partial charge in [0, 0.05) is 34.6 Å². The molecule has 0 fully saturated rings. The number of fused-ring (bicyclic) bond motifs is 1. The van der Waals surface area contributed by atoms with Crippen LogP contribution in [0.15, 0.2) is 47.6 Å². The van der Waals surface area contributed by atoms with E-state index in [1.807, 2.05) is 30.5 Å². The fraction of sp³-hybridized carbons (Fsp3) is 0.238. The van der Waals surface area contributed by atoms with E-state index in [9.17, 15) is 4.79 Å². The lowest BCUT2D eigenvalue weighted by Crippen LogP contribution is -2.17. The first kappa shape index (κ1) is 17.0. The van der Waals surface area contributed by atoms with Gasteiger partial charge in [-0.05, 0) is 44.0 Å². The van der Waals surface area contributed by atoms with Crippen molar-refractivity contribution in [2.24, 2.45) is 4.99 Å². The minimum absolute atomic E-state index is 0.0665. The van der Waals surface area contributed by atoms with Crippen LogP contribution in [0.4, 0.5) is 5.69 Å². The van der Waals surface area contributed by atoms with Gasteiger partial charge in [0.1, 0.15) is 0 Å². The molecule has 128 valence electrons. The summed E-state index contributed by atoms with van der Waals surface area (Å²) in [5.74, 6) is 0.0665. The molecule has 3 aromatic rings. The highest BCUT2D eigenvalue weighted by Crippen LogP contribution is 2.21. The van der Waals surface area contributed by atoms with Gasteiger partial charge in [-0.25, -0.2) is 0 Å². The van der Waals surface area contributed by atoms with E-state index in [0.717, 1.165) is 33.3 Å². The molecular weight excluding hydrogens is 310 g/mol. The highest BCUT2D eigenvalue weighted by Gasteiger charge is 2.06. The third-order valence-corrected chi connectivity index (χ3v) is 4.27. The molecule has 0 saturated heterocycles. The molecule has 1 heterocycles. The number of aromatic amines is 1.